The lowest BCUT2D eigenvalue weighted by atomic mass is 10.3. The fraction of sp³-hybridized carbons (Fsp3) is 0.118. The normalized spacial score (nSPS) is 12.2. The monoisotopic (exact) mass is 378 g/mol. The largest absolute Gasteiger partial charge is 0.449 e. The molecule has 0 saturated heterocycles. The smallest absolute Gasteiger partial charge is 0.314 e. The van der Waals surface area contributed by atoms with Gasteiger partial charge in [-0.2, -0.15) is 13.2 Å². The van der Waals surface area contributed by atoms with Crippen molar-refractivity contribution in [3.05, 3.63) is 75.6 Å². The number of halogens is 4. The van der Waals surface area contributed by atoms with Crippen LogP contribution in [0.15, 0.2) is 53.5 Å². The Balaban J connectivity index is 1.89. The van der Waals surface area contributed by atoms with Crippen molar-refractivity contribution < 1.29 is 13.2 Å². The molecule has 0 radical (unpaired) electrons. The Kier molecular flexibility index (Phi) is 3.73. The van der Waals surface area contributed by atoms with Crippen LogP contribution in [0.1, 0.15) is 11.5 Å². The van der Waals surface area contributed by atoms with E-state index in [0.29, 0.717) is 16.2 Å². The standard InChI is InChI=1S/C17H10ClF3N4O/c18-10-5-6-14-22-11(7-15(26)25(14)8-10)9-24-13-4-2-1-3-12(13)23-16(24)17(19,20)21/h1-8H,9H2. The summed E-state index contributed by atoms with van der Waals surface area (Å²) < 4.78 is 42.4. The average molecular weight is 379 g/mol. The predicted molar refractivity (Wildman–Crippen MR) is 90.3 cm³/mol. The highest BCUT2D eigenvalue weighted by atomic mass is 35.5. The van der Waals surface area contributed by atoms with E-state index in [4.69, 9.17) is 11.6 Å². The van der Waals surface area contributed by atoms with Gasteiger partial charge in [0.15, 0.2) is 0 Å². The Morgan fingerprint density at radius 1 is 1.08 bits per heavy atom. The Hall–Kier alpha value is -2.87. The number of para-hydroxylation sites is 2. The van der Waals surface area contributed by atoms with Crippen LogP contribution in [0.3, 0.4) is 0 Å². The van der Waals surface area contributed by atoms with Gasteiger partial charge in [-0.25, -0.2) is 9.97 Å². The molecular formula is C17H10ClF3N4O. The van der Waals surface area contributed by atoms with Crippen LogP contribution in [0.5, 0.6) is 0 Å². The molecule has 9 heteroatoms. The molecule has 0 aliphatic heterocycles. The summed E-state index contributed by atoms with van der Waals surface area (Å²) in [6.07, 6.45) is -3.22. The Morgan fingerprint density at radius 3 is 2.62 bits per heavy atom. The molecule has 0 bridgehead atoms. The minimum Gasteiger partial charge on any atom is -0.314 e. The van der Waals surface area contributed by atoms with Gasteiger partial charge in [-0.1, -0.05) is 23.7 Å². The molecule has 3 heterocycles. The molecule has 0 spiro atoms. The van der Waals surface area contributed by atoms with Crippen LogP contribution in [-0.2, 0) is 12.7 Å². The second-order valence-electron chi connectivity index (χ2n) is 5.67. The first-order valence-corrected chi connectivity index (χ1v) is 7.91. The van der Waals surface area contributed by atoms with Crippen molar-refractivity contribution in [2.24, 2.45) is 0 Å². The van der Waals surface area contributed by atoms with E-state index in [9.17, 15) is 18.0 Å². The molecule has 4 rings (SSSR count). The maximum absolute atomic E-state index is 13.4. The third-order valence-corrected chi connectivity index (χ3v) is 4.13. The molecule has 0 N–H and O–H groups in total. The number of aromatic nitrogens is 4. The zero-order valence-electron chi connectivity index (χ0n) is 13.0. The van der Waals surface area contributed by atoms with Crippen LogP contribution in [0.4, 0.5) is 13.2 Å². The number of fused-ring (bicyclic) bond motifs is 2. The highest BCUT2D eigenvalue weighted by Gasteiger charge is 2.37. The van der Waals surface area contributed by atoms with Gasteiger partial charge in [0.25, 0.3) is 5.56 Å². The van der Waals surface area contributed by atoms with Crippen LogP contribution in [0.2, 0.25) is 5.02 Å². The van der Waals surface area contributed by atoms with E-state index in [1.165, 1.54) is 28.8 Å². The molecule has 0 atom stereocenters. The van der Waals surface area contributed by atoms with Crippen molar-refractivity contribution in [2.45, 2.75) is 12.7 Å². The van der Waals surface area contributed by atoms with E-state index in [-0.39, 0.29) is 17.8 Å². The SMILES string of the molecule is O=c1cc(Cn2c(C(F)(F)F)nc3ccccc32)nc2ccc(Cl)cn12. The van der Waals surface area contributed by atoms with Crippen molar-refractivity contribution in [3.63, 3.8) is 0 Å². The number of nitrogens with zero attached hydrogens (tertiary/aromatic N) is 4. The van der Waals surface area contributed by atoms with Gasteiger partial charge in [-0.05, 0) is 24.3 Å². The lowest BCUT2D eigenvalue weighted by molar-refractivity contribution is -0.146. The van der Waals surface area contributed by atoms with Gasteiger partial charge in [0, 0.05) is 12.3 Å². The summed E-state index contributed by atoms with van der Waals surface area (Å²) in [5, 5.41) is 0.356. The fourth-order valence-electron chi connectivity index (χ4n) is 2.82. The van der Waals surface area contributed by atoms with Gasteiger partial charge in [0.2, 0.25) is 5.82 Å². The molecule has 0 fully saturated rings. The third-order valence-electron chi connectivity index (χ3n) is 3.90. The second-order valence-corrected chi connectivity index (χ2v) is 6.11. The molecule has 0 unspecified atom stereocenters. The minimum atomic E-state index is -4.63. The van der Waals surface area contributed by atoms with Crippen molar-refractivity contribution in [1.82, 2.24) is 18.9 Å². The van der Waals surface area contributed by atoms with Crippen molar-refractivity contribution in [2.75, 3.05) is 0 Å². The fourth-order valence-corrected chi connectivity index (χ4v) is 2.98. The first kappa shape index (κ1) is 16.6. The molecule has 1 aromatic carbocycles. The molecule has 3 aromatic heterocycles. The van der Waals surface area contributed by atoms with Gasteiger partial charge < -0.3 is 4.57 Å². The Morgan fingerprint density at radius 2 is 1.85 bits per heavy atom. The number of imidazole rings is 1. The van der Waals surface area contributed by atoms with Crippen molar-refractivity contribution in [1.29, 1.82) is 0 Å². The molecule has 0 aliphatic rings. The van der Waals surface area contributed by atoms with Gasteiger partial charge in [-0.3, -0.25) is 9.20 Å². The van der Waals surface area contributed by atoms with E-state index in [1.54, 1.807) is 24.3 Å². The number of alkyl halides is 3. The van der Waals surface area contributed by atoms with Crippen LogP contribution in [-0.4, -0.2) is 18.9 Å². The molecule has 0 amide bonds. The third kappa shape index (κ3) is 2.82. The zero-order chi connectivity index (χ0) is 18.5. The average Bonchev–Trinajstić information content (AvgIpc) is 2.95. The quantitative estimate of drug-likeness (QED) is 0.533. The van der Waals surface area contributed by atoms with E-state index in [0.717, 1.165) is 4.57 Å². The summed E-state index contributed by atoms with van der Waals surface area (Å²) in [5.74, 6) is -1.03. The van der Waals surface area contributed by atoms with Crippen LogP contribution in [0.25, 0.3) is 16.7 Å². The van der Waals surface area contributed by atoms with Gasteiger partial charge in [0.05, 0.1) is 28.3 Å². The summed E-state index contributed by atoms with van der Waals surface area (Å²) >= 11 is 5.86. The maximum Gasteiger partial charge on any atom is 0.449 e. The Bertz CT molecular complexity index is 1200. The van der Waals surface area contributed by atoms with Crippen LogP contribution < -0.4 is 5.56 Å². The predicted octanol–water partition coefficient (Wildman–Crippen LogP) is 3.76. The van der Waals surface area contributed by atoms with Gasteiger partial charge in [0.1, 0.15) is 5.65 Å². The molecule has 4 aromatic rings. The molecular weight excluding hydrogens is 369 g/mol. The van der Waals surface area contributed by atoms with Crippen molar-refractivity contribution in [3.8, 4) is 0 Å². The number of hydrogen-bond donors (Lipinski definition) is 0. The maximum atomic E-state index is 13.4. The molecule has 0 aliphatic carbocycles. The summed E-state index contributed by atoms with van der Waals surface area (Å²) in [6, 6.07) is 10.6. The topological polar surface area (TPSA) is 52.2 Å². The summed E-state index contributed by atoms with van der Waals surface area (Å²) in [6.45, 7) is -0.232. The van der Waals surface area contributed by atoms with Crippen LogP contribution in [0, 0.1) is 0 Å². The van der Waals surface area contributed by atoms with Gasteiger partial charge in [-0.15, -0.1) is 0 Å². The van der Waals surface area contributed by atoms with E-state index in [1.807, 2.05) is 0 Å². The van der Waals surface area contributed by atoms with Gasteiger partial charge >= 0.3 is 6.18 Å². The lowest BCUT2D eigenvalue weighted by Gasteiger charge is -2.11. The van der Waals surface area contributed by atoms with E-state index >= 15 is 0 Å². The second kappa shape index (κ2) is 5.84. The molecule has 132 valence electrons. The highest BCUT2D eigenvalue weighted by Crippen LogP contribution is 2.31. The van der Waals surface area contributed by atoms with Crippen molar-refractivity contribution >= 4 is 28.3 Å². The first-order chi connectivity index (χ1) is 12.3. The summed E-state index contributed by atoms with van der Waals surface area (Å²) in [5.41, 5.74) is 0.619. The zero-order valence-corrected chi connectivity index (χ0v) is 13.8. The summed E-state index contributed by atoms with van der Waals surface area (Å²) in [4.78, 5) is 20.2. The Labute approximate surface area is 149 Å². The van der Waals surface area contributed by atoms with E-state index in [2.05, 4.69) is 9.97 Å². The first-order valence-electron chi connectivity index (χ1n) is 7.53. The number of pyridine rings is 1. The molecule has 0 saturated carbocycles. The lowest BCUT2D eigenvalue weighted by Crippen LogP contribution is -2.19. The summed E-state index contributed by atoms with van der Waals surface area (Å²) in [7, 11) is 0. The number of hydrogen-bond acceptors (Lipinski definition) is 3. The number of rotatable bonds is 2. The molecule has 5 nitrogen and oxygen atoms in total. The van der Waals surface area contributed by atoms with Crippen LogP contribution >= 0.6 is 11.6 Å². The minimum absolute atomic E-state index is 0.200. The van der Waals surface area contributed by atoms with E-state index < -0.39 is 17.6 Å². The molecule has 26 heavy (non-hydrogen) atoms. The number of benzene rings is 1. The highest BCUT2D eigenvalue weighted by molar-refractivity contribution is 6.30.